The smallest absolute Gasteiger partial charge is 0.225 e. The zero-order valence-corrected chi connectivity index (χ0v) is 15.2. The zero-order valence-electron chi connectivity index (χ0n) is 13.6. The van der Waals surface area contributed by atoms with E-state index in [9.17, 15) is 30.4 Å². The van der Waals surface area contributed by atoms with Crippen LogP contribution in [0.3, 0.4) is 0 Å². The molecule has 3 nitrogen and oxygen atoms in total. The molecule has 3 rings (SSSR count). The highest BCUT2D eigenvalue weighted by atomic mass is 35.5. The Labute approximate surface area is 161 Å². The molecule has 0 unspecified atom stereocenters. The van der Waals surface area contributed by atoms with Crippen molar-refractivity contribution in [3.63, 3.8) is 0 Å². The molecule has 0 bridgehead atoms. The van der Waals surface area contributed by atoms with E-state index < -0.39 is 65.7 Å². The van der Waals surface area contributed by atoms with Crippen LogP contribution in [0.4, 0.5) is 22.0 Å². The van der Waals surface area contributed by atoms with Crippen molar-refractivity contribution in [1.29, 1.82) is 0 Å². The Hall–Kier alpha value is -2.49. The molecule has 0 saturated heterocycles. The van der Waals surface area contributed by atoms with Gasteiger partial charge < -0.3 is 0 Å². The van der Waals surface area contributed by atoms with Gasteiger partial charge in [-0.1, -0.05) is 35.9 Å². The maximum atomic E-state index is 14.7. The third-order valence-corrected chi connectivity index (χ3v) is 5.20. The summed E-state index contributed by atoms with van der Waals surface area (Å²) in [6.45, 7) is 0. The minimum absolute atomic E-state index is 0.305. The van der Waals surface area contributed by atoms with Crippen LogP contribution in [0.15, 0.2) is 47.4 Å². The van der Waals surface area contributed by atoms with E-state index in [2.05, 4.69) is 0 Å². The average Bonchev–Trinajstić information content (AvgIpc) is 2.64. The molecule has 3 aromatic rings. The number of halogens is 6. The van der Waals surface area contributed by atoms with Crippen LogP contribution >= 0.6 is 11.6 Å². The summed E-state index contributed by atoms with van der Waals surface area (Å²) in [6, 6.07) is 7.20. The summed E-state index contributed by atoms with van der Waals surface area (Å²) in [7, 11) is -4.44. The minimum Gasteiger partial charge on any atom is -0.225 e. The van der Waals surface area contributed by atoms with Crippen molar-refractivity contribution in [1.82, 2.24) is 0 Å². The van der Waals surface area contributed by atoms with Gasteiger partial charge in [0.1, 0.15) is 5.82 Å². The predicted octanol–water partition coefficient (Wildman–Crippen LogP) is 5.02. The van der Waals surface area contributed by atoms with Gasteiger partial charge in [0.2, 0.25) is 10.0 Å². The van der Waals surface area contributed by atoms with Crippen molar-refractivity contribution >= 4 is 21.6 Å². The molecule has 0 aliphatic carbocycles. The number of hydrogen-bond acceptors (Lipinski definition) is 2. The molecule has 2 N–H and O–H groups in total. The third kappa shape index (κ3) is 3.36. The summed E-state index contributed by atoms with van der Waals surface area (Å²) in [4.78, 5) is -0.645. The Balaban J connectivity index is 2.52. The van der Waals surface area contributed by atoms with Gasteiger partial charge in [-0.05, 0) is 23.8 Å². The number of sulfonamides is 1. The molecule has 0 saturated carbocycles. The maximum absolute atomic E-state index is 14.7. The summed E-state index contributed by atoms with van der Waals surface area (Å²) in [6.07, 6.45) is 0. The zero-order chi connectivity index (χ0) is 20.8. The number of benzene rings is 3. The lowest BCUT2D eigenvalue weighted by atomic mass is 9.93. The van der Waals surface area contributed by atoms with E-state index in [0.29, 0.717) is 0 Å². The van der Waals surface area contributed by atoms with Gasteiger partial charge in [0.25, 0.3) is 0 Å². The van der Waals surface area contributed by atoms with Crippen molar-refractivity contribution in [3.8, 4) is 22.3 Å². The molecule has 0 amide bonds. The van der Waals surface area contributed by atoms with Crippen LogP contribution in [0.5, 0.6) is 0 Å². The molecule has 28 heavy (non-hydrogen) atoms. The molecule has 0 heterocycles. The maximum Gasteiger partial charge on any atom is 0.238 e. The molecule has 3 aromatic carbocycles. The van der Waals surface area contributed by atoms with E-state index in [1.165, 1.54) is 12.1 Å². The first kappa shape index (κ1) is 20.2. The number of primary sulfonamides is 1. The molecular formula is C18H9ClF5NO2S. The molecule has 0 spiro atoms. The summed E-state index contributed by atoms with van der Waals surface area (Å²) in [5.74, 6) is -8.80. The molecule has 0 atom stereocenters. The average molecular weight is 434 g/mol. The van der Waals surface area contributed by atoms with Gasteiger partial charge in [0, 0.05) is 16.7 Å². The normalized spacial score (nSPS) is 11.7. The van der Waals surface area contributed by atoms with E-state index in [1.807, 2.05) is 0 Å². The first-order valence-electron chi connectivity index (χ1n) is 7.47. The summed E-state index contributed by atoms with van der Waals surface area (Å²) in [5.41, 5.74) is -2.55. The number of hydrogen-bond donors (Lipinski definition) is 1. The van der Waals surface area contributed by atoms with Crippen LogP contribution in [0.1, 0.15) is 0 Å². The highest BCUT2D eigenvalue weighted by Gasteiger charge is 2.30. The van der Waals surface area contributed by atoms with Gasteiger partial charge in [-0.2, -0.15) is 0 Å². The Morgan fingerprint density at radius 1 is 0.786 bits per heavy atom. The van der Waals surface area contributed by atoms with Crippen LogP contribution in [-0.2, 0) is 10.0 Å². The Morgan fingerprint density at radius 3 is 1.93 bits per heavy atom. The van der Waals surface area contributed by atoms with Gasteiger partial charge in [-0.15, -0.1) is 0 Å². The standard InChI is InChI=1S/C18H9ClF5NO2S/c19-10-7-8(5-6-11(10)20)13-14(16(22)18(24)17(23)15(13)21)9-3-1-2-4-12(9)28(25,26)27/h1-7H,(H2,25,26,27). The monoisotopic (exact) mass is 433 g/mol. The molecule has 0 radical (unpaired) electrons. The van der Waals surface area contributed by atoms with E-state index in [1.54, 1.807) is 0 Å². The molecule has 10 heteroatoms. The predicted molar refractivity (Wildman–Crippen MR) is 93.5 cm³/mol. The van der Waals surface area contributed by atoms with Crippen LogP contribution in [-0.4, -0.2) is 8.42 Å². The number of rotatable bonds is 3. The quantitative estimate of drug-likeness (QED) is 0.358. The van der Waals surface area contributed by atoms with Crippen molar-refractivity contribution in [3.05, 3.63) is 76.6 Å². The summed E-state index contributed by atoms with van der Waals surface area (Å²) >= 11 is 5.65. The first-order valence-corrected chi connectivity index (χ1v) is 9.40. The summed E-state index contributed by atoms with van der Waals surface area (Å²) < 4.78 is 94.3. The van der Waals surface area contributed by atoms with Crippen LogP contribution in [0, 0.1) is 29.1 Å². The van der Waals surface area contributed by atoms with Crippen LogP contribution in [0.25, 0.3) is 22.3 Å². The van der Waals surface area contributed by atoms with Gasteiger partial charge in [0.05, 0.1) is 9.92 Å². The molecule has 146 valence electrons. The van der Waals surface area contributed by atoms with E-state index in [4.69, 9.17) is 16.7 Å². The lowest BCUT2D eigenvalue weighted by Crippen LogP contribution is -2.14. The van der Waals surface area contributed by atoms with E-state index in [-0.39, 0.29) is 5.56 Å². The van der Waals surface area contributed by atoms with Gasteiger partial charge in [0.15, 0.2) is 23.3 Å². The molecule has 0 fully saturated rings. The minimum atomic E-state index is -4.44. The molecule has 0 aliphatic rings. The van der Waals surface area contributed by atoms with Gasteiger partial charge in [-0.25, -0.2) is 35.5 Å². The van der Waals surface area contributed by atoms with Crippen LogP contribution < -0.4 is 5.14 Å². The lowest BCUT2D eigenvalue weighted by molar-refractivity contribution is 0.412. The molecule has 0 aromatic heterocycles. The Kier molecular flexibility index (Phi) is 5.18. The topological polar surface area (TPSA) is 60.2 Å². The van der Waals surface area contributed by atoms with Crippen molar-refractivity contribution < 1.29 is 30.4 Å². The highest BCUT2D eigenvalue weighted by molar-refractivity contribution is 7.89. The molecule has 0 aliphatic heterocycles. The largest absolute Gasteiger partial charge is 0.238 e. The summed E-state index contributed by atoms with van der Waals surface area (Å²) in [5, 5.41) is 4.61. The lowest BCUT2D eigenvalue weighted by Gasteiger charge is -2.16. The van der Waals surface area contributed by atoms with E-state index in [0.717, 1.165) is 30.3 Å². The van der Waals surface area contributed by atoms with Crippen molar-refractivity contribution in [2.75, 3.05) is 0 Å². The van der Waals surface area contributed by atoms with Crippen LogP contribution in [0.2, 0.25) is 5.02 Å². The van der Waals surface area contributed by atoms with Gasteiger partial charge >= 0.3 is 0 Å². The Bertz CT molecular complexity index is 1220. The first-order chi connectivity index (χ1) is 13.0. The second-order valence-corrected chi connectivity index (χ2v) is 7.61. The molecular weight excluding hydrogens is 425 g/mol. The second-order valence-electron chi connectivity index (χ2n) is 5.68. The fraction of sp³-hybridized carbons (Fsp3) is 0. The number of nitrogens with two attached hydrogens (primary N) is 1. The Morgan fingerprint density at radius 2 is 1.36 bits per heavy atom. The fourth-order valence-electron chi connectivity index (χ4n) is 2.73. The third-order valence-electron chi connectivity index (χ3n) is 3.94. The second kappa shape index (κ2) is 7.16. The van der Waals surface area contributed by atoms with Gasteiger partial charge in [-0.3, -0.25) is 0 Å². The van der Waals surface area contributed by atoms with E-state index >= 15 is 0 Å². The van der Waals surface area contributed by atoms with Crippen molar-refractivity contribution in [2.24, 2.45) is 5.14 Å². The SMILES string of the molecule is NS(=O)(=O)c1ccccc1-c1c(F)c(F)c(F)c(F)c1-c1ccc(F)c(Cl)c1. The fourth-order valence-corrected chi connectivity index (χ4v) is 3.65. The highest BCUT2D eigenvalue weighted by Crippen LogP contribution is 2.41. The van der Waals surface area contributed by atoms with Crippen molar-refractivity contribution in [2.45, 2.75) is 4.90 Å².